The molecule has 0 saturated carbocycles. The van der Waals surface area contributed by atoms with Crippen molar-refractivity contribution >= 4 is 34.4 Å². The molecule has 0 bridgehead atoms. The van der Waals surface area contributed by atoms with Crippen LogP contribution in [0.5, 0.6) is 0 Å². The summed E-state index contributed by atoms with van der Waals surface area (Å²) in [5, 5.41) is 16.1. The van der Waals surface area contributed by atoms with Gasteiger partial charge in [0.2, 0.25) is 11.8 Å². The van der Waals surface area contributed by atoms with Crippen LogP contribution in [0, 0.1) is 9.49 Å². The Bertz CT molecular complexity index is 861. The maximum atomic E-state index is 12.9. The van der Waals surface area contributed by atoms with Gasteiger partial charge in [0, 0.05) is 16.5 Å². The van der Waals surface area contributed by atoms with Crippen molar-refractivity contribution in [3.8, 4) is 0 Å². The molecule has 0 fully saturated rings. The Balaban J connectivity index is 2.02. The van der Waals surface area contributed by atoms with Crippen molar-refractivity contribution in [1.29, 1.82) is 0 Å². The van der Waals surface area contributed by atoms with Crippen LogP contribution in [-0.4, -0.2) is 41.6 Å². The van der Waals surface area contributed by atoms with E-state index in [-0.39, 0.29) is 24.3 Å². The zero-order chi connectivity index (χ0) is 23.7. The lowest BCUT2D eigenvalue weighted by Gasteiger charge is -2.24. The summed E-state index contributed by atoms with van der Waals surface area (Å²) < 4.78 is 1.05. The number of carbonyl (C=O) groups is 2. The number of carbonyl (C=O) groups excluding carboxylic acids is 2. The van der Waals surface area contributed by atoms with Crippen LogP contribution in [0.25, 0.3) is 0 Å². The molecule has 0 spiro atoms. The quantitative estimate of drug-likeness (QED) is 0.272. The van der Waals surface area contributed by atoms with Crippen molar-refractivity contribution in [2.45, 2.75) is 50.9 Å². The van der Waals surface area contributed by atoms with Gasteiger partial charge in [0.25, 0.3) is 0 Å². The van der Waals surface area contributed by atoms with Crippen molar-refractivity contribution in [1.82, 2.24) is 10.6 Å². The SMILES string of the molecule is CC(C)C[C@H](N)C(=O)N[C@H](Cc1ccccc1)C(=O)NC[C@H](N)[C@@H](O)c1ccc(I)cc1. The van der Waals surface area contributed by atoms with Gasteiger partial charge in [-0.25, -0.2) is 0 Å². The number of nitrogens with two attached hydrogens (primary N) is 2. The average Bonchev–Trinajstić information content (AvgIpc) is 2.77. The van der Waals surface area contributed by atoms with Crippen molar-refractivity contribution < 1.29 is 14.7 Å². The van der Waals surface area contributed by atoms with Crippen LogP contribution in [0.3, 0.4) is 0 Å². The molecule has 32 heavy (non-hydrogen) atoms. The van der Waals surface area contributed by atoms with E-state index in [1.54, 1.807) is 0 Å². The summed E-state index contributed by atoms with van der Waals surface area (Å²) in [5.74, 6) is -0.472. The highest BCUT2D eigenvalue weighted by atomic mass is 127. The normalized spacial score (nSPS) is 15.0. The summed E-state index contributed by atoms with van der Waals surface area (Å²) in [4.78, 5) is 25.5. The minimum Gasteiger partial charge on any atom is -0.387 e. The second-order valence-corrected chi connectivity index (χ2v) is 9.64. The van der Waals surface area contributed by atoms with Gasteiger partial charge in [-0.1, -0.05) is 56.3 Å². The molecule has 174 valence electrons. The number of rotatable bonds is 11. The number of aliphatic hydroxyl groups excluding tert-OH is 1. The number of halogens is 1. The lowest BCUT2D eigenvalue weighted by Crippen LogP contribution is -2.54. The molecule has 0 aliphatic rings. The van der Waals surface area contributed by atoms with Gasteiger partial charge in [-0.05, 0) is 58.2 Å². The summed E-state index contributed by atoms with van der Waals surface area (Å²) in [6, 6.07) is 14.6. The summed E-state index contributed by atoms with van der Waals surface area (Å²) in [6.45, 7) is 4.04. The van der Waals surface area contributed by atoms with Gasteiger partial charge >= 0.3 is 0 Å². The molecule has 2 amide bonds. The maximum absolute atomic E-state index is 12.9. The third-order valence-electron chi connectivity index (χ3n) is 5.11. The molecule has 2 rings (SSSR count). The fourth-order valence-electron chi connectivity index (χ4n) is 3.31. The molecule has 7 nitrogen and oxygen atoms in total. The number of hydrogen-bond donors (Lipinski definition) is 5. The fraction of sp³-hybridized carbons (Fsp3) is 0.417. The van der Waals surface area contributed by atoms with Crippen LogP contribution >= 0.6 is 22.6 Å². The molecular formula is C24H33IN4O3. The highest BCUT2D eigenvalue weighted by Crippen LogP contribution is 2.17. The Morgan fingerprint density at radius 2 is 1.62 bits per heavy atom. The van der Waals surface area contributed by atoms with Crippen LogP contribution in [-0.2, 0) is 16.0 Å². The van der Waals surface area contributed by atoms with Crippen molar-refractivity contribution in [2.75, 3.05) is 6.54 Å². The van der Waals surface area contributed by atoms with E-state index < -0.39 is 24.2 Å². The molecule has 0 aliphatic heterocycles. The Morgan fingerprint density at radius 3 is 2.22 bits per heavy atom. The summed E-state index contributed by atoms with van der Waals surface area (Å²) in [7, 11) is 0. The second-order valence-electron chi connectivity index (χ2n) is 8.39. The monoisotopic (exact) mass is 552 g/mol. The first-order chi connectivity index (χ1) is 15.2. The minimum atomic E-state index is -0.922. The van der Waals surface area contributed by atoms with E-state index in [0.29, 0.717) is 18.4 Å². The molecule has 0 aliphatic carbocycles. The van der Waals surface area contributed by atoms with E-state index in [0.717, 1.165) is 9.13 Å². The Hall–Kier alpha value is -2.01. The highest BCUT2D eigenvalue weighted by molar-refractivity contribution is 14.1. The molecule has 0 aromatic heterocycles. The van der Waals surface area contributed by atoms with Gasteiger partial charge in [0.1, 0.15) is 6.04 Å². The van der Waals surface area contributed by atoms with Crippen LogP contribution in [0.15, 0.2) is 54.6 Å². The third kappa shape index (κ3) is 8.50. The summed E-state index contributed by atoms with van der Waals surface area (Å²) >= 11 is 2.19. The maximum Gasteiger partial charge on any atom is 0.242 e. The Labute approximate surface area is 203 Å². The van der Waals surface area contributed by atoms with Crippen LogP contribution < -0.4 is 22.1 Å². The van der Waals surface area contributed by atoms with E-state index in [4.69, 9.17) is 11.5 Å². The minimum absolute atomic E-state index is 0.0607. The third-order valence-corrected chi connectivity index (χ3v) is 5.83. The number of benzene rings is 2. The average molecular weight is 552 g/mol. The molecule has 0 unspecified atom stereocenters. The van der Waals surface area contributed by atoms with Gasteiger partial charge in [0.15, 0.2) is 0 Å². The number of nitrogens with one attached hydrogen (secondary N) is 2. The van der Waals surface area contributed by atoms with E-state index in [9.17, 15) is 14.7 Å². The fourth-order valence-corrected chi connectivity index (χ4v) is 3.67. The van der Waals surface area contributed by atoms with E-state index in [2.05, 4.69) is 33.2 Å². The van der Waals surface area contributed by atoms with Crippen molar-refractivity contribution in [3.63, 3.8) is 0 Å². The Kier molecular flexibility index (Phi) is 10.6. The number of aliphatic hydroxyl groups is 1. The lowest BCUT2D eigenvalue weighted by molar-refractivity contribution is -0.129. The van der Waals surface area contributed by atoms with Gasteiger partial charge in [0.05, 0.1) is 18.2 Å². The molecule has 0 saturated heterocycles. The number of hydrogen-bond acceptors (Lipinski definition) is 5. The first-order valence-electron chi connectivity index (χ1n) is 10.7. The van der Waals surface area contributed by atoms with Gasteiger partial charge < -0.3 is 27.2 Å². The van der Waals surface area contributed by atoms with Crippen LogP contribution in [0.4, 0.5) is 0 Å². The molecule has 7 N–H and O–H groups in total. The van der Waals surface area contributed by atoms with Gasteiger partial charge in [-0.15, -0.1) is 0 Å². The molecule has 8 heteroatoms. The predicted octanol–water partition coefficient (Wildman–Crippen LogP) is 1.87. The zero-order valence-corrected chi connectivity index (χ0v) is 20.7. The van der Waals surface area contributed by atoms with E-state index in [1.807, 2.05) is 68.4 Å². The standard InChI is InChI=1S/C24H33IN4O3/c1-15(2)12-19(26)23(31)29-21(13-16-6-4-3-5-7-16)24(32)28-14-20(27)22(30)17-8-10-18(25)11-9-17/h3-11,15,19-22,30H,12-14,26-27H2,1-2H3,(H,28,32)(H,29,31)/t19-,20-,21+,22-/m0/s1. The van der Waals surface area contributed by atoms with Crippen molar-refractivity contribution in [3.05, 3.63) is 69.3 Å². The summed E-state index contributed by atoms with van der Waals surface area (Å²) in [6.07, 6.45) is -0.0748. The lowest BCUT2D eigenvalue weighted by atomic mass is 10.0. The predicted molar refractivity (Wildman–Crippen MR) is 135 cm³/mol. The van der Waals surface area contributed by atoms with Crippen molar-refractivity contribution in [2.24, 2.45) is 17.4 Å². The molecule has 2 aromatic carbocycles. The molecule has 0 radical (unpaired) electrons. The molecular weight excluding hydrogens is 519 g/mol. The summed E-state index contributed by atoms with van der Waals surface area (Å²) in [5.41, 5.74) is 13.7. The van der Waals surface area contributed by atoms with E-state index in [1.165, 1.54) is 0 Å². The smallest absolute Gasteiger partial charge is 0.242 e. The first kappa shape index (κ1) is 26.2. The topological polar surface area (TPSA) is 130 Å². The van der Waals surface area contributed by atoms with E-state index >= 15 is 0 Å². The van der Waals surface area contributed by atoms with Gasteiger partial charge in [-0.3, -0.25) is 9.59 Å². The molecule has 0 heterocycles. The zero-order valence-electron chi connectivity index (χ0n) is 18.5. The highest BCUT2D eigenvalue weighted by Gasteiger charge is 2.26. The number of amides is 2. The second kappa shape index (κ2) is 12.9. The van der Waals surface area contributed by atoms with Gasteiger partial charge in [-0.2, -0.15) is 0 Å². The largest absolute Gasteiger partial charge is 0.387 e. The van der Waals surface area contributed by atoms with Crippen LogP contribution in [0.2, 0.25) is 0 Å². The molecule has 2 aromatic rings. The van der Waals surface area contributed by atoms with Crippen LogP contribution in [0.1, 0.15) is 37.5 Å². The Morgan fingerprint density at radius 1 is 1.00 bits per heavy atom. The first-order valence-corrected chi connectivity index (χ1v) is 11.8. The molecule has 4 atom stereocenters.